The summed E-state index contributed by atoms with van der Waals surface area (Å²) in [6.07, 6.45) is 5.31. The van der Waals surface area contributed by atoms with Crippen molar-refractivity contribution in [2.45, 2.75) is 13.0 Å². The van der Waals surface area contributed by atoms with E-state index in [2.05, 4.69) is 26.8 Å². The topological polar surface area (TPSA) is 71.8 Å². The molecule has 27 heavy (non-hydrogen) atoms. The zero-order valence-electron chi connectivity index (χ0n) is 14.8. The molecule has 1 atom stereocenters. The Morgan fingerprint density at radius 2 is 1.81 bits per heavy atom. The van der Waals surface area contributed by atoms with Gasteiger partial charge in [-0.05, 0) is 30.2 Å². The van der Waals surface area contributed by atoms with E-state index < -0.39 is 0 Å². The molecule has 1 unspecified atom stereocenters. The van der Waals surface area contributed by atoms with Crippen LogP contribution in [0, 0.1) is 0 Å². The molecule has 0 saturated carbocycles. The lowest BCUT2D eigenvalue weighted by molar-refractivity contribution is -0.111. The maximum atomic E-state index is 12.2. The first-order valence-corrected chi connectivity index (χ1v) is 8.70. The fourth-order valence-electron chi connectivity index (χ4n) is 2.96. The van der Waals surface area contributed by atoms with Gasteiger partial charge in [0.15, 0.2) is 0 Å². The highest BCUT2D eigenvalue weighted by atomic mass is 16.1. The first-order valence-electron chi connectivity index (χ1n) is 8.70. The Kier molecular flexibility index (Phi) is 4.53. The number of anilines is 2. The van der Waals surface area contributed by atoms with Crippen LogP contribution in [0.2, 0.25) is 0 Å². The van der Waals surface area contributed by atoms with E-state index in [0.717, 1.165) is 16.8 Å². The molecular formula is C21H19N5O. The zero-order chi connectivity index (χ0) is 18.6. The second-order valence-corrected chi connectivity index (χ2v) is 6.27. The predicted molar refractivity (Wildman–Crippen MR) is 106 cm³/mol. The van der Waals surface area contributed by atoms with E-state index in [1.54, 1.807) is 10.8 Å². The summed E-state index contributed by atoms with van der Waals surface area (Å²) >= 11 is 0. The molecule has 2 heterocycles. The van der Waals surface area contributed by atoms with E-state index in [1.165, 1.54) is 6.08 Å². The third kappa shape index (κ3) is 3.79. The summed E-state index contributed by atoms with van der Waals surface area (Å²) in [5.41, 5.74) is 3.05. The van der Waals surface area contributed by atoms with Crippen LogP contribution in [0.3, 0.4) is 0 Å². The van der Waals surface area contributed by atoms with Crippen molar-refractivity contribution < 1.29 is 4.79 Å². The van der Waals surface area contributed by atoms with Crippen LogP contribution in [-0.2, 0) is 4.79 Å². The Labute approximate surface area is 157 Å². The number of rotatable bonds is 4. The summed E-state index contributed by atoms with van der Waals surface area (Å²) in [4.78, 5) is 16.6. The maximum absolute atomic E-state index is 12.2. The fraction of sp³-hybridized carbons (Fsp3) is 0.0952. The van der Waals surface area contributed by atoms with Crippen LogP contribution in [0.4, 0.5) is 11.9 Å². The number of nitrogens with zero attached hydrogens (tertiary/aromatic N) is 3. The molecule has 0 saturated heterocycles. The molecule has 4 rings (SSSR count). The molecule has 0 radical (unpaired) electrons. The van der Waals surface area contributed by atoms with Crippen molar-refractivity contribution in [3.05, 3.63) is 89.6 Å². The van der Waals surface area contributed by atoms with Crippen LogP contribution < -0.4 is 10.6 Å². The molecule has 6 heteroatoms. The number of fused-ring (bicyclic) bond motifs is 1. The molecule has 2 N–H and O–H groups in total. The number of aromatic nitrogens is 3. The van der Waals surface area contributed by atoms with E-state index in [9.17, 15) is 4.79 Å². The third-order valence-corrected chi connectivity index (χ3v) is 4.21. The van der Waals surface area contributed by atoms with Crippen LogP contribution in [0.15, 0.2) is 78.5 Å². The summed E-state index contributed by atoms with van der Waals surface area (Å²) in [5, 5.41) is 10.4. The molecule has 0 fully saturated rings. The Morgan fingerprint density at radius 1 is 1.11 bits per heavy atom. The largest absolute Gasteiger partial charge is 0.329 e. The van der Waals surface area contributed by atoms with Gasteiger partial charge in [-0.1, -0.05) is 60.7 Å². The SMILES string of the molecule is CC1=CC(c2ccccc2)n2nc(NC(=O)C=Cc3ccccc3)nc2N1. The number of hydrogen-bond donors (Lipinski definition) is 2. The zero-order valence-corrected chi connectivity index (χ0v) is 14.8. The number of allylic oxidation sites excluding steroid dienone is 2. The van der Waals surface area contributed by atoms with Crippen molar-refractivity contribution in [2.24, 2.45) is 0 Å². The molecule has 1 amide bonds. The molecule has 0 bridgehead atoms. The van der Waals surface area contributed by atoms with Gasteiger partial charge in [0.25, 0.3) is 11.9 Å². The summed E-state index contributed by atoms with van der Waals surface area (Å²) in [6, 6.07) is 19.6. The molecule has 0 spiro atoms. The van der Waals surface area contributed by atoms with Gasteiger partial charge in [0.2, 0.25) is 5.95 Å². The van der Waals surface area contributed by atoms with Gasteiger partial charge < -0.3 is 5.32 Å². The van der Waals surface area contributed by atoms with Crippen LogP contribution in [0.1, 0.15) is 24.1 Å². The number of carbonyl (C=O) groups is 1. The van der Waals surface area contributed by atoms with Gasteiger partial charge in [0, 0.05) is 11.8 Å². The van der Waals surface area contributed by atoms with Gasteiger partial charge in [0.05, 0.1) is 0 Å². The average Bonchev–Trinajstić information content (AvgIpc) is 3.09. The molecule has 1 aliphatic heterocycles. The number of hydrogen-bond acceptors (Lipinski definition) is 4. The van der Waals surface area contributed by atoms with E-state index in [0.29, 0.717) is 5.95 Å². The monoisotopic (exact) mass is 357 g/mol. The molecular weight excluding hydrogens is 338 g/mol. The molecule has 6 nitrogen and oxygen atoms in total. The van der Waals surface area contributed by atoms with Crippen molar-refractivity contribution >= 4 is 23.9 Å². The average molecular weight is 357 g/mol. The van der Waals surface area contributed by atoms with Crippen LogP contribution in [-0.4, -0.2) is 20.7 Å². The Morgan fingerprint density at radius 3 is 2.56 bits per heavy atom. The molecule has 1 aliphatic rings. The lowest BCUT2D eigenvalue weighted by Gasteiger charge is -2.22. The minimum Gasteiger partial charge on any atom is -0.329 e. The van der Waals surface area contributed by atoms with E-state index >= 15 is 0 Å². The van der Waals surface area contributed by atoms with Gasteiger partial charge in [-0.3, -0.25) is 10.1 Å². The number of benzene rings is 2. The van der Waals surface area contributed by atoms with Crippen molar-refractivity contribution in [1.29, 1.82) is 0 Å². The molecule has 134 valence electrons. The maximum Gasteiger partial charge on any atom is 0.250 e. The second-order valence-electron chi connectivity index (χ2n) is 6.27. The second kappa shape index (κ2) is 7.29. The Balaban J connectivity index is 1.54. The highest BCUT2D eigenvalue weighted by Crippen LogP contribution is 2.29. The van der Waals surface area contributed by atoms with Gasteiger partial charge in [-0.15, -0.1) is 5.10 Å². The predicted octanol–water partition coefficient (Wildman–Crippen LogP) is 3.85. The van der Waals surface area contributed by atoms with E-state index in [1.807, 2.05) is 67.6 Å². The summed E-state index contributed by atoms with van der Waals surface area (Å²) in [7, 11) is 0. The van der Waals surface area contributed by atoms with Gasteiger partial charge in [0.1, 0.15) is 6.04 Å². The first-order chi connectivity index (χ1) is 13.2. The smallest absolute Gasteiger partial charge is 0.250 e. The lowest BCUT2D eigenvalue weighted by Crippen LogP contribution is -2.19. The van der Waals surface area contributed by atoms with E-state index in [4.69, 9.17) is 0 Å². The summed E-state index contributed by atoms with van der Waals surface area (Å²) in [6.45, 7) is 1.98. The van der Waals surface area contributed by atoms with Gasteiger partial charge in [-0.2, -0.15) is 4.98 Å². The summed E-state index contributed by atoms with van der Waals surface area (Å²) in [5.74, 6) is 0.596. The quantitative estimate of drug-likeness (QED) is 0.696. The Hall–Kier alpha value is -3.67. The third-order valence-electron chi connectivity index (χ3n) is 4.21. The number of nitrogens with one attached hydrogen (secondary N) is 2. The molecule has 0 aliphatic carbocycles. The van der Waals surface area contributed by atoms with Crippen molar-refractivity contribution in [1.82, 2.24) is 14.8 Å². The lowest BCUT2D eigenvalue weighted by atomic mass is 10.1. The van der Waals surface area contributed by atoms with Crippen molar-refractivity contribution in [2.75, 3.05) is 10.6 Å². The standard InChI is InChI=1S/C21H19N5O/c1-15-14-18(17-10-6-3-7-11-17)26-21(22-15)24-20(25-26)23-19(27)13-12-16-8-4-2-5-9-16/h2-14,18H,1H3,(H2,22,23,24,25,27). The minimum absolute atomic E-state index is 0.0690. The highest BCUT2D eigenvalue weighted by Gasteiger charge is 2.23. The molecule has 2 aromatic carbocycles. The number of carbonyl (C=O) groups excluding carboxylic acids is 1. The van der Waals surface area contributed by atoms with E-state index in [-0.39, 0.29) is 17.9 Å². The Bertz CT molecular complexity index is 1010. The van der Waals surface area contributed by atoms with Gasteiger partial charge in [-0.25, -0.2) is 4.68 Å². The van der Waals surface area contributed by atoms with Crippen LogP contribution in [0.5, 0.6) is 0 Å². The number of amides is 1. The highest BCUT2D eigenvalue weighted by molar-refractivity contribution is 6.00. The summed E-state index contributed by atoms with van der Waals surface area (Å²) < 4.78 is 1.78. The minimum atomic E-state index is -0.275. The van der Waals surface area contributed by atoms with Crippen molar-refractivity contribution in [3.63, 3.8) is 0 Å². The van der Waals surface area contributed by atoms with Crippen LogP contribution >= 0.6 is 0 Å². The first kappa shape index (κ1) is 16.8. The van der Waals surface area contributed by atoms with Crippen LogP contribution in [0.25, 0.3) is 6.08 Å². The molecule has 1 aromatic heterocycles. The van der Waals surface area contributed by atoms with Crippen molar-refractivity contribution in [3.8, 4) is 0 Å². The van der Waals surface area contributed by atoms with Gasteiger partial charge >= 0.3 is 0 Å². The fourth-order valence-corrected chi connectivity index (χ4v) is 2.96. The molecule has 3 aromatic rings. The normalized spacial score (nSPS) is 15.7.